The second-order valence-corrected chi connectivity index (χ2v) is 8.35. The van der Waals surface area contributed by atoms with E-state index < -0.39 is 0 Å². The molecule has 0 bridgehead atoms. The van der Waals surface area contributed by atoms with Gasteiger partial charge in [0.2, 0.25) is 11.9 Å². The third-order valence-corrected chi connectivity index (χ3v) is 5.99. The maximum Gasteiger partial charge on any atom is 0.227 e. The smallest absolute Gasteiger partial charge is 0.227 e. The molecule has 1 aliphatic heterocycles. The molecule has 1 atom stereocenters. The van der Waals surface area contributed by atoms with E-state index in [1.165, 1.54) is 0 Å². The van der Waals surface area contributed by atoms with Gasteiger partial charge in [-0.2, -0.15) is 0 Å². The number of hydrogen-bond acceptors (Lipinski definition) is 7. The fourth-order valence-corrected chi connectivity index (χ4v) is 4.17. The Hall–Kier alpha value is -3.85. The number of ether oxygens (including phenoxy) is 2. The van der Waals surface area contributed by atoms with Gasteiger partial charge in [0.25, 0.3) is 0 Å². The monoisotopic (exact) mass is 478 g/mol. The van der Waals surface area contributed by atoms with Crippen molar-refractivity contribution >= 4 is 34.8 Å². The molecule has 9 nitrogen and oxygen atoms in total. The quantitative estimate of drug-likeness (QED) is 0.444. The average molecular weight is 479 g/mol. The number of likely N-dealkylation sites (tertiary alicyclic amines) is 1. The summed E-state index contributed by atoms with van der Waals surface area (Å²) in [7, 11) is 1.59. The van der Waals surface area contributed by atoms with Crippen LogP contribution in [0.4, 0.5) is 11.6 Å². The molecule has 4 heterocycles. The number of halogens is 1. The van der Waals surface area contributed by atoms with E-state index in [4.69, 9.17) is 21.1 Å². The van der Waals surface area contributed by atoms with Gasteiger partial charge in [0.1, 0.15) is 28.9 Å². The average Bonchev–Trinajstić information content (AvgIpc) is 3.49. The summed E-state index contributed by atoms with van der Waals surface area (Å²) >= 11 is 6.42. The highest BCUT2D eigenvalue weighted by molar-refractivity contribution is 6.32. The van der Waals surface area contributed by atoms with Crippen LogP contribution >= 0.6 is 11.6 Å². The van der Waals surface area contributed by atoms with Crippen LogP contribution < -0.4 is 14.8 Å². The van der Waals surface area contributed by atoms with Gasteiger partial charge in [-0.1, -0.05) is 17.7 Å². The van der Waals surface area contributed by atoms with E-state index in [2.05, 4.69) is 20.3 Å². The summed E-state index contributed by atoms with van der Waals surface area (Å²) in [6.07, 6.45) is 5.95. The standard InChI is InChI=1S/C24H23ClN6O3/c1-15(32)30-10-8-17(14-30)34-16-6-7-19(21(11-16)33-2)28-24-27-12-18(25)23(29-24)20-13-26-22-5-3-4-9-31(20)22/h3-7,9,11-13,17H,8,10,14H2,1-2H3,(H,27,28,29). The van der Waals surface area contributed by atoms with E-state index in [1.807, 2.05) is 40.9 Å². The molecule has 10 heteroatoms. The first-order chi connectivity index (χ1) is 16.5. The van der Waals surface area contributed by atoms with Gasteiger partial charge in [-0.15, -0.1) is 0 Å². The van der Waals surface area contributed by atoms with Gasteiger partial charge in [0.15, 0.2) is 0 Å². The number of fused-ring (bicyclic) bond motifs is 1. The van der Waals surface area contributed by atoms with Crippen LogP contribution in [-0.2, 0) is 4.79 Å². The zero-order valence-corrected chi connectivity index (χ0v) is 19.5. The predicted molar refractivity (Wildman–Crippen MR) is 129 cm³/mol. The molecule has 1 aromatic carbocycles. The van der Waals surface area contributed by atoms with E-state index in [1.54, 1.807) is 37.4 Å². The lowest BCUT2D eigenvalue weighted by Gasteiger charge is -2.17. The number of nitrogens with zero attached hydrogens (tertiary/aromatic N) is 5. The van der Waals surface area contributed by atoms with Crippen LogP contribution in [0, 0.1) is 0 Å². The fourth-order valence-electron chi connectivity index (χ4n) is 3.99. The number of pyridine rings is 1. The van der Waals surface area contributed by atoms with Crippen LogP contribution in [0.3, 0.4) is 0 Å². The Labute approximate surface area is 201 Å². The first kappa shape index (κ1) is 22.0. The van der Waals surface area contributed by atoms with Crippen molar-refractivity contribution in [2.45, 2.75) is 19.4 Å². The van der Waals surface area contributed by atoms with E-state index in [9.17, 15) is 4.79 Å². The summed E-state index contributed by atoms with van der Waals surface area (Å²) in [4.78, 5) is 26.7. The number of carbonyl (C=O) groups is 1. The fraction of sp³-hybridized carbons (Fsp3) is 0.250. The molecular formula is C24H23ClN6O3. The van der Waals surface area contributed by atoms with Gasteiger partial charge >= 0.3 is 0 Å². The van der Waals surface area contributed by atoms with Gasteiger partial charge in [0.05, 0.1) is 42.5 Å². The Morgan fingerprint density at radius 1 is 1.21 bits per heavy atom. The molecule has 0 spiro atoms. The molecule has 1 saturated heterocycles. The van der Waals surface area contributed by atoms with Crippen molar-refractivity contribution in [2.75, 3.05) is 25.5 Å². The number of aromatic nitrogens is 4. The van der Waals surface area contributed by atoms with Gasteiger partial charge in [0, 0.05) is 32.2 Å². The van der Waals surface area contributed by atoms with Gasteiger partial charge in [-0.25, -0.2) is 15.0 Å². The number of benzene rings is 1. The van der Waals surface area contributed by atoms with Gasteiger partial charge in [-0.3, -0.25) is 9.20 Å². The zero-order valence-electron chi connectivity index (χ0n) is 18.7. The second-order valence-electron chi connectivity index (χ2n) is 7.94. The highest BCUT2D eigenvalue weighted by Gasteiger charge is 2.25. The van der Waals surface area contributed by atoms with Gasteiger partial charge < -0.3 is 19.7 Å². The molecule has 3 aromatic heterocycles. The highest BCUT2D eigenvalue weighted by Crippen LogP contribution is 2.33. The topological polar surface area (TPSA) is 93.9 Å². The predicted octanol–water partition coefficient (Wildman–Crippen LogP) is 4.20. The number of nitrogens with one attached hydrogen (secondary N) is 1. The lowest BCUT2D eigenvalue weighted by Crippen LogP contribution is -2.28. The lowest BCUT2D eigenvalue weighted by molar-refractivity contribution is -0.128. The summed E-state index contributed by atoms with van der Waals surface area (Å²) in [5.41, 5.74) is 2.80. The van der Waals surface area contributed by atoms with Crippen LogP contribution in [0.1, 0.15) is 13.3 Å². The number of hydrogen-bond donors (Lipinski definition) is 1. The Morgan fingerprint density at radius 2 is 2.09 bits per heavy atom. The third kappa shape index (κ3) is 4.34. The maximum atomic E-state index is 11.6. The number of carbonyl (C=O) groups excluding carboxylic acids is 1. The molecule has 0 saturated carbocycles. The van der Waals surface area contributed by atoms with Crippen molar-refractivity contribution in [1.29, 1.82) is 0 Å². The van der Waals surface area contributed by atoms with Crippen LogP contribution in [0.15, 0.2) is 55.0 Å². The summed E-state index contributed by atoms with van der Waals surface area (Å²) < 4.78 is 13.5. The molecule has 4 aromatic rings. The van der Waals surface area contributed by atoms with E-state index >= 15 is 0 Å². The molecular weight excluding hydrogens is 456 g/mol. The molecule has 1 unspecified atom stereocenters. The molecule has 0 aliphatic carbocycles. The van der Waals surface area contributed by atoms with Crippen molar-refractivity contribution in [3.63, 3.8) is 0 Å². The van der Waals surface area contributed by atoms with Crippen LogP contribution in [-0.4, -0.2) is 56.5 Å². The number of amides is 1. The van der Waals surface area contributed by atoms with Crippen molar-refractivity contribution in [2.24, 2.45) is 0 Å². The van der Waals surface area contributed by atoms with E-state index in [0.717, 1.165) is 17.8 Å². The minimum absolute atomic E-state index is 0.0416. The Balaban J connectivity index is 1.37. The van der Waals surface area contributed by atoms with Gasteiger partial charge in [-0.05, 0) is 24.3 Å². The number of rotatable bonds is 6. The molecule has 5 rings (SSSR count). The number of imidazole rings is 1. The summed E-state index contributed by atoms with van der Waals surface area (Å²) in [6, 6.07) is 11.3. The van der Waals surface area contributed by atoms with Crippen molar-refractivity contribution in [1.82, 2.24) is 24.3 Å². The third-order valence-electron chi connectivity index (χ3n) is 5.72. The first-order valence-corrected chi connectivity index (χ1v) is 11.2. The summed E-state index contributed by atoms with van der Waals surface area (Å²) in [5.74, 6) is 1.68. The zero-order chi connectivity index (χ0) is 23.7. The minimum Gasteiger partial charge on any atom is -0.494 e. The minimum atomic E-state index is -0.0416. The number of methoxy groups -OCH3 is 1. The van der Waals surface area contributed by atoms with Crippen LogP contribution in [0.25, 0.3) is 17.0 Å². The second kappa shape index (κ2) is 9.18. The maximum absolute atomic E-state index is 11.6. The molecule has 34 heavy (non-hydrogen) atoms. The summed E-state index contributed by atoms with van der Waals surface area (Å²) in [6.45, 7) is 2.87. The first-order valence-electron chi connectivity index (χ1n) is 10.8. The number of anilines is 2. The van der Waals surface area contributed by atoms with Crippen molar-refractivity contribution in [3.05, 3.63) is 60.0 Å². The molecule has 1 amide bonds. The molecule has 1 N–H and O–H groups in total. The van der Waals surface area contributed by atoms with E-state index in [0.29, 0.717) is 46.9 Å². The van der Waals surface area contributed by atoms with Crippen LogP contribution in [0.2, 0.25) is 5.02 Å². The highest BCUT2D eigenvalue weighted by atomic mass is 35.5. The Morgan fingerprint density at radius 3 is 2.88 bits per heavy atom. The molecule has 0 radical (unpaired) electrons. The lowest BCUT2D eigenvalue weighted by atomic mass is 10.2. The van der Waals surface area contributed by atoms with Crippen LogP contribution in [0.5, 0.6) is 11.5 Å². The SMILES string of the molecule is COc1cc(OC2CCN(C(C)=O)C2)ccc1Nc1ncc(Cl)c(-c2cnc3ccccn23)n1. The van der Waals surface area contributed by atoms with Crippen molar-refractivity contribution in [3.8, 4) is 22.9 Å². The molecule has 1 aliphatic rings. The summed E-state index contributed by atoms with van der Waals surface area (Å²) in [5, 5.41) is 3.62. The largest absolute Gasteiger partial charge is 0.494 e. The molecule has 174 valence electrons. The Kier molecular flexibility index (Phi) is 5.93. The van der Waals surface area contributed by atoms with E-state index in [-0.39, 0.29) is 12.0 Å². The normalized spacial score (nSPS) is 15.5. The molecule has 1 fully saturated rings. The Bertz CT molecular complexity index is 1360. The van der Waals surface area contributed by atoms with Crippen molar-refractivity contribution < 1.29 is 14.3 Å².